The third-order valence-electron chi connectivity index (χ3n) is 6.48. The number of hydrogen-bond donors (Lipinski definition) is 1. The van der Waals surface area contributed by atoms with Gasteiger partial charge < -0.3 is 9.84 Å². The molecular weight excluding hydrogens is 372 g/mol. The predicted octanol–water partition coefficient (Wildman–Crippen LogP) is 7.00. The van der Waals surface area contributed by atoms with Gasteiger partial charge >= 0.3 is 5.97 Å². The Bertz CT molecular complexity index is 992. The van der Waals surface area contributed by atoms with Crippen LogP contribution < -0.4 is 4.74 Å². The molecule has 0 fully saturated rings. The van der Waals surface area contributed by atoms with Gasteiger partial charge in [0, 0.05) is 11.1 Å². The molecule has 0 saturated carbocycles. The second-order valence-electron chi connectivity index (χ2n) is 9.78. The first-order valence-electron chi connectivity index (χ1n) is 10.8. The molecule has 1 aliphatic carbocycles. The van der Waals surface area contributed by atoms with Crippen molar-refractivity contribution in [2.75, 3.05) is 6.61 Å². The van der Waals surface area contributed by atoms with E-state index in [0.29, 0.717) is 12.2 Å². The van der Waals surface area contributed by atoms with Gasteiger partial charge in [-0.15, -0.1) is 0 Å². The maximum Gasteiger partial charge on any atom is 0.335 e. The SMILES string of the molecule is CCOc1c(C(C)=Cc2ccc(C(=O)O)cc2)c(C)cc2c1C(C)(C)CCC2(C)C. The molecule has 3 nitrogen and oxygen atoms in total. The molecule has 0 amide bonds. The van der Waals surface area contributed by atoms with Crippen LogP contribution in [0, 0.1) is 6.92 Å². The Balaban J connectivity index is 2.20. The van der Waals surface area contributed by atoms with Crippen molar-refractivity contribution in [3.63, 3.8) is 0 Å². The topological polar surface area (TPSA) is 46.5 Å². The van der Waals surface area contributed by atoms with Crippen LogP contribution in [0.2, 0.25) is 0 Å². The molecule has 0 radical (unpaired) electrons. The van der Waals surface area contributed by atoms with Crippen molar-refractivity contribution in [1.82, 2.24) is 0 Å². The summed E-state index contributed by atoms with van der Waals surface area (Å²) in [6.45, 7) is 16.3. The highest BCUT2D eigenvalue weighted by Crippen LogP contribution is 2.52. The summed E-state index contributed by atoms with van der Waals surface area (Å²) in [6.07, 6.45) is 4.42. The second kappa shape index (κ2) is 7.94. The molecule has 2 aromatic rings. The quantitative estimate of drug-likeness (QED) is 0.544. The molecule has 0 heterocycles. The summed E-state index contributed by atoms with van der Waals surface area (Å²) in [5.74, 6) is 0.109. The zero-order valence-electron chi connectivity index (χ0n) is 19.3. The number of rotatable bonds is 5. The van der Waals surface area contributed by atoms with E-state index in [9.17, 15) is 4.79 Å². The van der Waals surface area contributed by atoms with Crippen molar-refractivity contribution >= 4 is 17.6 Å². The third-order valence-corrected chi connectivity index (χ3v) is 6.48. The number of benzene rings is 2. The van der Waals surface area contributed by atoms with Gasteiger partial charge in [-0.1, -0.05) is 52.0 Å². The van der Waals surface area contributed by atoms with E-state index >= 15 is 0 Å². The summed E-state index contributed by atoms with van der Waals surface area (Å²) >= 11 is 0. The molecule has 0 spiro atoms. The summed E-state index contributed by atoms with van der Waals surface area (Å²) in [4.78, 5) is 11.1. The Hall–Kier alpha value is -2.55. The standard InChI is InChI=1S/C27H34O3/c1-8-30-24-22(17(2)15-19-9-11-20(12-10-19)25(28)29)18(3)16-21-23(24)27(6,7)14-13-26(21,4)5/h9-12,15-16H,8,13-14H2,1-7H3,(H,28,29). The van der Waals surface area contributed by atoms with Crippen molar-refractivity contribution in [1.29, 1.82) is 0 Å². The van der Waals surface area contributed by atoms with Crippen LogP contribution in [0.15, 0.2) is 30.3 Å². The fourth-order valence-electron chi connectivity index (χ4n) is 4.70. The van der Waals surface area contributed by atoms with Gasteiger partial charge in [-0.3, -0.25) is 0 Å². The Morgan fingerprint density at radius 3 is 2.27 bits per heavy atom. The fraction of sp³-hybridized carbons (Fsp3) is 0.444. The summed E-state index contributed by atoms with van der Waals surface area (Å²) in [5.41, 5.74) is 7.72. The molecule has 0 aromatic heterocycles. The number of carboxylic acids is 1. The minimum Gasteiger partial charge on any atom is -0.493 e. The average molecular weight is 407 g/mol. The van der Waals surface area contributed by atoms with Gasteiger partial charge in [0.2, 0.25) is 0 Å². The van der Waals surface area contributed by atoms with Gasteiger partial charge in [0.15, 0.2) is 0 Å². The molecule has 0 unspecified atom stereocenters. The summed E-state index contributed by atoms with van der Waals surface area (Å²) in [6, 6.07) is 9.37. The van der Waals surface area contributed by atoms with Crippen LogP contribution in [0.5, 0.6) is 5.75 Å². The minimum absolute atomic E-state index is 0.0568. The molecule has 1 N–H and O–H groups in total. The number of fused-ring (bicyclic) bond motifs is 1. The lowest BCUT2D eigenvalue weighted by atomic mass is 9.62. The van der Waals surface area contributed by atoms with Gasteiger partial charge in [0.1, 0.15) is 5.75 Å². The van der Waals surface area contributed by atoms with Crippen molar-refractivity contribution < 1.29 is 14.6 Å². The van der Waals surface area contributed by atoms with Crippen molar-refractivity contribution in [3.05, 3.63) is 63.7 Å². The molecule has 2 aromatic carbocycles. The fourth-order valence-corrected chi connectivity index (χ4v) is 4.70. The maximum absolute atomic E-state index is 11.1. The van der Waals surface area contributed by atoms with Crippen LogP contribution in [0.1, 0.15) is 92.6 Å². The average Bonchev–Trinajstić information content (AvgIpc) is 2.65. The van der Waals surface area contributed by atoms with Crippen LogP contribution in [-0.2, 0) is 10.8 Å². The number of carboxylic acid groups (broad SMARTS) is 1. The van der Waals surface area contributed by atoms with Gasteiger partial charge in [0.25, 0.3) is 0 Å². The first kappa shape index (κ1) is 22.1. The Morgan fingerprint density at radius 2 is 1.70 bits per heavy atom. The molecule has 3 rings (SSSR count). The lowest BCUT2D eigenvalue weighted by molar-refractivity contribution is 0.0697. The number of aryl methyl sites for hydroxylation is 1. The highest BCUT2D eigenvalue weighted by molar-refractivity contribution is 5.89. The molecule has 0 bridgehead atoms. The molecule has 1 aliphatic rings. The van der Waals surface area contributed by atoms with Crippen molar-refractivity contribution in [3.8, 4) is 5.75 Å². The molecular formula is C27H34O3. The Kier molecular flexibility index (Phi) is 5.86. The highest BCUT2D eigenvalue weighted by atomic mass is 16.5. The zero-order valence-corrected chi connectivity index (χ0v) is 19.3. The van der Waals surface area contributed by atoms with E-state index in [2.05, 4.69) is 53.7 Å². The smallest absolute Gasteiger partial charge is 0.335 e. The Morgan fingerprint density at radius 1 is 1.10 bits per heavy atom. The van der Waals surface area contributed by atoms with Gasteiger partial charge in [0.05, 0.1) is 12.2 Å². The highest BCUT2D eigenvalue weighted by Gasteiger charge is 2.40. The van der Waals surface area contributed by atoms with Crippen LogP contribution in [0.4, 0.5) is 0 Å². The van der Waals surface area contributed by atoms with Gasteiger partial charge in [-0.2, -0.15) is 0 Å². The summed E-state index contributed by atoms with van der Waals surface area (Å²) in [5, 5.41) is 9.14. The van der Waals surface area contributed by atoms with Crippen LogP contribution in [0.3, 0.4) is 0 Å². The van der Waals surface area contributed by atoms with E-state index in [4.69, 9.17) is 9.84 Å². The number of allylic oxidation sites excluding steroid dienone is 1. The van der Waals surface area contributed by atoms with Gasteiger partial charge in [-0.05, 0) is 78.8 Å². The molecule has 160 valence electrons. The van der Waals surface area contributed by atoms with Crippen molar-refractivity contribution in [2.45, 2.75) is 72.1 Å². The largest absolute Gasteiger partial charge is 0.493 e. The number of aromatic carboxylic acids is 1. The van der Waals surface area contributed by atoms with Crippen LogP contribution in [0.25, 0.3) is 11.6 Å². The summed E-state index contributed by atoms with van der Waals surface area (Å²) in [7, 11) is 0. The van der Waals surface area contributed by atoms with E-state index in [-0.39, 0.29) is 10.8 Å². The number of carbonyl (C=O) groups is 1. The third kappa shape index (κ3) is 4.03. The van der Waals surface area contributed by atoms with E-state index in [1.54, 1.807) is 12.1 Å². The summed E-state index contributed by atoms with van der Waals surface area (Å²) < 4.78 is 6.34. The number of ether oxygens (including phenoxy) is 1. The molecule has 0 saturated heterocycles. The van der Waals surface area contributed by atoms with E-state index < -0.39 is 5.97 Å². The van der Waals surface area contributed by atoms with Crippen molar-refractivity contribution in [2.24, 2.45) is 0 Å². The lowest BCUT2D eigenvalue weighted by Gasteiger charge is -2.43. The van der Waals surface area contributed by atoms with Crippen LogP contribution >= 0.6 is 0 Å². The molecule has 0 aliphatic heterocycles. The minimum atomic E-state index is -0.906. The Labute approximate surface area is 180 Å². The first-order chi connectivity index (χ1) is 14.0. The van der Waals surface area contributed by atoms with E-state index in [1.807, 2.05) is 19.1 Å². The molecule has 30 heavy (non-hydrogen) atoms. The first-order valence-corrected chi connectivity index (χ1v) is 10.8. The second-order valence-corrected chi connectivity index (χ2v) is 9.78. The van der Waals surface area contributed by atoms with E-state index in [1.165, 1.54) is 23.1 Å². The number of hydrogen-bond acceptors (Lipinski definition) is 2. The molecule has 3 heteroatoms. The van der Waals surface area contributed by atoms with Gasteiger partial charge in [-0.25, -0.2) is 4.79 Å². The predicted molar refractivity (Wildman–Crippen MR) is 125 cm³/mol. The lowest BCUT2D eigenvalue weighted by Crippen LogP contribution is -2.35. The van der Waals surface area contributed by atoms with Crippen LogP contribution in [-0.4, -0.2) is 17.7 Å². The monoisotopic (exact) mass is 406 g/mol. The normalized spacial score (nSPS) is 17.4. The van der Waals surface area contributed by atoms with E-state index in [0.717, 1.165) is 28.9 Å². The molecule has 0 atom stereocenters. The zero-order chi connectivity index (χ0) is 22.3. The maximum atomic E-state index is 11.1.